The van der Waals surface area contributed by atoms with Crippen LogP contribution >= 0.6 is 0 Å². The van der Waals surface area contributed by atoms with E-state index in [4.69, 9.17) is 20.6 Å². The Kier molecular flexibility index (Phi) is 4.15. The molecule has 1 fully saturated rings. The highest BCUT2D eigenvalue weighted by molar-refractivity contribution is 5.79. The van der Waals surface area contributed by atoms with Crippen molar-refractivity contribution in [2.45, 2.75) is 12.1 Å². The summed E-state index contributed by atoms with van der Waals surface area (Å²) in [5, 5.41) is 17.0. The highest BCUT2D eigenvalue weighted by atomic mass is 16.5. The van der Waals surface area contributed by atoms with E-state index in [1.807, 2.05) is 24.3 Å². The molecular formula is C19H23N7O2. The zero-order valence-electron chi connectivity index (χ0n) is 15.5. The molecule has 1 saturated heterocycles. The largest absolute Gasteiger partial charge is 0.466 e. The lowest BCUT2D eigenvalue weighted by atomic mass is 10.0. The van der Waals surface area contributed by atoms with Crippen LogP contribution in [0.15, 0.2) is 30.5 Å². The van der Waals surface area contributed by atoms with Crippen molar-refractivity contribution in [2.75, 3.05) is 44.2 Å². The second-order valence-corrected chi connectivity index (χ2v) is 7.33. The first kappa shape index (κ1) is 17.4. The van der Waals surface area contributed by atoms with Crippen molar-refractivity contribution in [1.29, 1.82) is 0 Å². The van der Waals surface area contributed by atoms with Gasteiger partial charge in [-0.1, -0.05) is 18.2 Å². The molecule has 9 nitrogen and oxygen atoms in total. The zero-order chi connectivity index (χ0) is 19.1. The van der Waals surface area contributed by atoms with Crippen LogP contribution in [0.2, 0.25) is 0 Å². The summed E-state index contributed by atoms with van der Waals surface area (Å²) in [7, 11) is 0. The lowest BCUT2D eigenvalue weighted by Crippen LogP contribution is -2.48. The van der Waals surface area contributed by atoms with E-state index >= 15 is 0 Å². The summed E-state index contributed by atoms with van der Waals surface area (Å²) < 4.78 is 6.14. The average Bonchev–Trinajstić information content (AvgIpc) is 3.31. The molecule has 4 heterocycles. The summed E-state index contributed by atoms with van der Waals surface area (Å²) in [5.74, 6) is 1.42. The molecule has 2 aliphatic rings. The molecule has 9 heteroatoms. The van der Waals surface area contributed by atoms with E-state index in [1.54, 1.807) is 6.20 Å². The van der Waals surface area contributed by atoms with E-state index in [0.717, 1.165) is 42.9 Å². The van der Waals surface area contributed by atoms with Gasteiger partial charge < -0.3 is 14.7 Å². The smallest absolute Gasteiger partial charge is 0.227 e. The van der Waals surface area contributed by atoms with Crippen molar-refractivity contribution >= 4 is 17.0 Å². The number of nitrogens with zero attached hydrogens (tertiary/aromatic N) is 5. The summed E-state index contributed by atoms with van der Waals surface area (Å²) in [6.45, 7) is 4.16. The average molecular weight is 381 g/mol. The fourth-order valence-corrected chi connectivity index (χ4v) is 4.00. The highest BCUT2D eigenvalue weighted by Gasteiger charge is 2.41. The Balaban J connectivity index is 1.49. The molecule has 5 rings (SSSR count). The minimum Gasteiger partial charge on any atom is -0.466 e. The van der Waals surface area contributed by atoms with Crippen LogP contribution in [0.4, 0.5) is 5.95 Å². The first-order valence-electron chi connectivity index (χ1n) is 9.52. The number of para-hydroxylation sites is 1. The summed E-state index contributed by atoms with van der Waals surface area (Å²) in [6.07, 6.45) is 2.25. The molecule has 0 saturated carbocycles. The topological polar surface area (TPSA) is 116 Å². The van der Waals surface area contributed by atoms with Gasteiger partial charge in [0, 0.05) is 44.7 Å². The minimum absolute atomic E-state index is 0.175. The molecule has 146 valence electrons. The Labute approximate surface area is 162 Å². The van der Waals surface area contributed by atoms with Crippen LogP contribution in [-0.2, 0) is 12.1 Å². The third-order valence-corrected chi connectivity index (χ3v) is 5.49. The number of ether oxygens (including phenoxy) is 1. The van der Waals surface area contributed by atoms with Gasteiger partial charge in [-0.15, -0.1) is 0 Å². The van der Waals surface area contributed by atoms with Crippen molar-refractivity contribution in [2.24, 2.45) is 5.73 Å². The van der Waals surface area contributed by atoms with Gasteiger partial charge >= 0.3 is 0 Å². The van der Waals surface area contributed by atoms with Crippen LogP contribution in [0.5, 0.6) is 5.75 Å². The SMILES string of the molecule is NC1(c2nc(N3CCN(CCO)CC3)nc3[nH]ncc23)Cc2ccccc2O1. The van der Waals surface area contributed by atoms with Gasteiger partial charge in [-0.2, -0.15) is 10.1 Å². The molecule has 1 unspecified atom stereocenters. The maximum absolute atomic E-state index is 9.14. The quantitative estimate of drug-likeness (QED) is 0.587. The summed E-state index contributed by atoms with van der Waals surface area (Å²) in [5.41, 5.74) is 8.03. The normalized spacial score (nSPS) is 22.4. The number of aliphatic hydroxyl groups is 1. The maximum Gasteiger partial charge on any atom is 0.227 e. The highest BCUT2D eigenvalue weighted by Crippen LogP contribution is 2.39. The summed E-state index contributed by atoms with van der Waals surface area (Å²) in [6, 6.07) is 7.88. The predicted molar refractivity (Wildman–Crippen MR) is 104 cm³/mol. The van der Waals surface area contributed by atoms with E-state index in [0.29, 0.717) is 30.3 Å². The number of anilines is 1. The van der Waals surface area contributed by atoms with E-state index in [9.17, 15) is 0 Å². The van der Waals surface area contributed by atoms with Gasteiger partial charge in [0.25, 0.3) is 0 Å². The Morgan fingerprint density at radius 3 is 2.79 bits per heavy atom. The van der Waals surface area contributed by atoms with Gasteiger partial charge in [-0.25, -0.2) is 4.98 Å². The molecule has 0 aliphatic carbocycles. The van der Waals surface area contributed by atoms with Crippen LogP contribution in [0.1, 0.15) is 11.3 Å². The van der Waals surface area contributed by atoms with Crippen LogP contribution in [0.25, 0.3) is 11.0 Å². The van der Waals surface area contributed by atoms with Gasteiger partial charge in [-0.05, 0) is 6.07 Å². The Hall–Kier alpha value is -2.75. The second kappa shape index (κ2) is 6.69. The number of aromatic nitrogens is 4. The molecule has 1 atom stereocenters. The van der Waals surface area contributed by atoms with Gasteiger partial charge in [-0.3, -0.25) is 15.7 Å². The van der Waals surface area contributed by atoms with Crippen molar-refractivity contribution in [3.63, 3.8) is 0 Å². The predicted octanol–water partition coefficient (Wildman–Crippen LogP) is 0.214. The number of piperazine rings is 1. The third-order valence-electron chi connectivity index (χ3n) is 5.49. The Bertz CT molecular complexity index is 972. The van der Waals surface area contributed by atoms with Crippen molar-refractivity contribution in [3.05, 3.63) is 41.7 Å². The number of nitrogens with two attached hydrogens (primary N) is 1. The van der Waals surface area contributed by atoms with Crippen LogP contribution < -0.4 is 15.4 Å². The Morgan fingerprint density at radius 1 is 1.18 bits per heavy atom. The number of benzene rings is 1. The number of fused-ring (bicyclic) bond motifs is 2. The zero-order valence-corrected chi connectivity index (χ0v) is 15.5. The van der Waals surface area contributed by atoms with E-state index in [2.05, 4.69) is 25.0 Å². The second-order valence-electron chi connectivity index (χ2n) is 7.33. The molecule has 0 amide bonds. The number of hydrogen-bond acceptors (Lipinski definition) is 8. The van der Waals surface area contributed by atoms with Crippen molar-refractivity contribution in [3.8, 4) is 5.75 Å². The molecule has 2 aromatic heterocycles. The molecule has 28 heavy (non-hydrogen) atoms. The molecular weight excluding hydrogens is 358 g/mol. The Morgan fingerprint density at radius 2 is 2.00 bits per heavy atom. The van der Waals surface area contributed by atoms with Crippen molar-refractivity contribution in [1.82, 2.24) is 25.1 Å². The molecule has 1 aromatic carbocycles. The monoisotopic (exact) mass is 381 g/mol. The number of rotatable bonds is 4. The molecule has 0 spiro atoms. The first-order valence-corrected chi connectivity index (χ1v) is 9.52. The van der Waals surface area contributed by atoms with Gasteiger partial charge in [0.05, 0.1) is 18.2 Å². The van der Waals surface area contributed by atoms with Crippen molar-refractivity contribution < 1.29 is 9.84 Å². The molecule has 3 aromatic rings. The lowest BCUT2D eigenvalue weighted by molar-refractivity contribution is 0.0977. The molecule has 4 N–H and O–H groups in total. The lowest BCUT2D eigenvalue weighted by Gasteiger charge is -2.35. The molecule has 0 radical (unpaired) electrons. The summed E-state index contributed by atoms with van der Waals surface area (Å²) >= 11 is 0. The number of H-pyrrole nitrogens is 1. The third kappa shape index (κ3) is 2.88. The van der Waals surface area contributed by atoms with E-state index in [-0.39, 0.29) is 6.61 Å². The van der Waals surface area contributed by atoms with E-state index in [1.165, 1.54) is 0 Å². The van der Waals surface area contributed by atoms with Crippen LogP contribution in [0, 0.1) is 0 Å². The van der Waals surface area contributed by atoms with Gasteiger partial charge in [0.1, 0.15) is 11.4 Å². The molecule has 0 bridgehead atoms. The first-order chi connectivity index (χ1) is 13.7. The number of hydrogen-bond donors (Lipinski definition) is 3. The molecule has 2 aliphatic heterocycles. The number of nitrogens with one attached hydrogen (secondary N) is 1. The number of aliphatic hydroxyl groups excluding tert-OH is 1. The number of aromatic amines is 1. The van der Waals surface area contributed by atoms with Gasteiger partial charge in [0.15, 0.2) is 5.65 Å². The van der Waals surface area contributed by atoms with Crippen LogP contribution in [-0.4, -0.2) is 69.5 Å². The van der Waals surface area contributed by atoms with Crippen LogP contribution in [0.3, 0.4) is 0 Å². The standard InChI is InChI=1S/C19H23N7O2/c20-19(11-13-3-1-2-4-15(13)28-19)16-14-12-21-24-17(14)23-18(22-16)26-7-5-25(6-8-26)9-10-27/h1-4,12,27H,5-11,20H2,(H,21,22,23,24). The fourth-order valence-electron chi connectivity index (χ4n) is 4.00. The minimum atomic E-state index is -1.05. The fraction of sp³-hybridized carbons (Fsp3) is 0.421. The van der Waals surface area contributed by atoms with Gasteiger partial charge in [0.2, 0.25) is 11.7 Å². The maximum atomic E-state index is 9.14. The van der Waals surface area contributed by atoms with E-state index < -0.39 is 5.72 Å². The number of β-amino-alcohol motifs (C(OH)–C–C–N with tert-alkyl or cyclic N) is 1. The summed E-state index contributed by atoms with van der Waals surface area (Å²) in [4.78, 5) is 13.9.